The molecule has 0 saturated carbocycles. The van der Waals surface area contributed by atoms with Crippen molar-refractivity contribution < 1.29 is 28.2 Å². The topological polar surface area (TPSA) is 65.1 Å². The number of methoxy groups -OCH3 is 1. The predicted molar refractivity (Wildman–Crippen MR) is 108 cm³/mol. The lowest BCUT2D eigenvalue weighted by Crippen LogP contribution is -2.34. The number of anilines is 1. The van der Waals surface area contributed by atoms with E-state index >= 15 is 0 Å². The van der Waals surface area contributed by atoms with Crippen molar-refractivity contribution in [2.24, 2.45) is 5.92 Å². The lowest BCUT2D eigenvalue weighted by atomic mass is 10.2. The maximum atomic E-state index is 13.1. The Kier molecular flexibility index (Phi) is 8.00. The highest BCUT2D eigenvalue weighted by Gasteiger charge is 2.18. The molecule has 0 N–H and O–H groups in total. The van der Waals surface area contributed by atoms with E-state index in [0.717, 1.165) is 0 Å². The minimum atomic E-state index is -0.651. The first-order valence-corrected chi connectivity index (χ1v) is 9.39. The maximum Gasteiger partial charge on any atom is 0.338 e. The number of carbonyl (C=O) groups is 2. The normalized spacial score (nSPS) is 10.6. The minimum Gasteiger partial charge on any atom is -0.493 e. The van der Waals surface area contributed by atoms with E-state index in [9.17, 15) is 14.0 Å². The lowest BCUT2D eigenvalue weighted by Gasteiger charge is -2.21. The highest BCUT2D eigenvalue weighted by atomic mass is 19.1. The smallest absolute Gasteiger partial charge is 0.338 e. The molecule has 156 valence electrons. The number of hydrogen-bond acceptors (Lipinski definition) is 5. The van der Waals surface area contributed by atoms with E-state index < -0.39 is 24.3 Å². The molecule has 0 fully saturated rings. The molecule has 0 aliphatic carbocycles. The van der Waals surface area contributed by atoms with Gasteiger partial charge in [0.25, 0.3) is 5.91 Å². The number of benzene rings is 2. The first kappa shape index (κ1) is 22.2. The highest BCUT2D eigenvalue weighted by Crippen LogP contribution is 2.28. The Labute approximate surface area is 170 Å². The number of likely N-dealkylation sites (N-methyl/N-ethyl adjacent to an activating group) is 1. The first-order chi connectivity index (χ1) is 13.8. The van der Waals surface area contributed by atoms with Crippen LogP contribution in [0.3, 0.4) is 0 Å². The van der Waals surface area contributed by atoms with Gasteiger partial charge in [0.15, 0.2) is 18.1 Å². The summed E-state index contributed by atoms with van der Waals surface area (Å²) >= 11 is 0. The van der Waals surface area contributed by atoms with Gasteiger partial charge in [0.2, 0.25) is 0 Å². The summed E-state index contributed by atoms with van der Waals surface area (Å²) in [5, 5.41) is 0. The number of hydrogen-bond donors (Lipinski definition) is 0. The molecular weight excluding hydrogens is 377 g/mol. The van der Waals surface area contributed by atoms with Gasteiger partial charge in [-0.3, -0.25) is 4.79 Å². The quantitative estimate of drug-likeness (QED) is 0.591. The molecule has 2 aromatic carbocycles. The second kappa shape index (κ2) is 10.5. The van der Waals surface area contributed by atoms with Gasteiger partial charge in [-0.2, -0.15) is 0 Å². The Morgan fingerprint density at radius 2 is 1.76 bits per heavy atom. The SMILES string of the molecule is CCN(C(=O)COC(=O)c1ccc(OCC(C)C)c(OC)c1)c1ccc(F)cc1. The van der Waals surface area contributed by atoms with Crippen molar-refractivity contribution in [2.75, 3.05) is 31.8 Å². The summed E-state index contributed by atoms with van der Waals surface area (Å²) in [7, 11) is 1.48. The first-order valence-electron chi connectivity index (χ1n) is 9.39. The molecule has 0 aromatic heterocycles. The minimum absolute atomic E-state index is 0.247. The summed E-state index contributed by atoms with van der Waals surface area (Å²) in [5.41, 5.74) is 0.777. The van der Waals surface area contributed by atoms with Gasteiger partial charge < -0.3 is 19.1 Å². The fraction of sp³-hybridized carbons (Fsp3) is 0.364. The van der Waals surface area contributed by atoms with Crippen LogP contribution in [0.5, 0.6) is 11.5 Å². The van der Waals surface area contributed by atoms with Crippen molar-refractivity contribution in [2.45, 2.75) is 20.8 Å². The van der Waals surface area contributed by atoms with E-state index in [-0.39, 0.29) is 5.56 Å². The molecule has 2 aromatic rings. The van der Waals surface area contributed by atoms with Crippen LogP contribution in [0.2, 0.25) is 0 Å². The van der Waals surface area contributed by atoms with Crippen molar-refractivity contribution in [3.05, 3.63) is 53.8 Å². The fourth-order valence-electron chi connectivity index (χ4n) is 2.58. The Morgan fingerprint density at radius 3 is 2.34 bits per heavy atom. The predicted octanol–water partition coefficient (Wildman–Crippen LogP) is 4.08. The molecule has 0 aliphatic heterocycles. The van der Waals surface area contributed by atoms with Gasteiger partial charge in [0.1, 0.15) is 5.82 Å². The largest absolute Gasteiger partial charge is 0.493 e. The van der Waals surface area contributed by atoms with E-state index in [2.05, 4.69) is 0 Å². The fourth-order valence-corrected chi connectivity index (χ4v) is 2.58. The van der Waals surface area contributed by atoms with Crippen LogP contribution in [0.4, 0.5) is 10.1 Å². The molecule has 0 heterocycles. The van der Waals surface area contributed by atoms with Gasteiger partial charge >= 0.3 is 5.97 Å². The zero-order chi connectivity index (χ0) is 21.4. The molecule has 7 heteroatoms. The maximum absolute atomic E-state index is 13.1. The molecule has 0 aliphatic rings. The van der Waals surface area contributed by atoms with Gasteiger partial charge in [-0.25, -0.2) is 9.18 Å². The van der Waals surface area contributed by atoms with E-state index in [1.807, 2.05) is 13.8 Å². The van der Waals surface area contributed by atoms with Crippen molar-refractivity contribution in [1.82, 2.24) is 0 Å². The molecule has 0 bridgehead atoms. The second-order valence-electron chi connectivity index (χ2n) is 6.76. The third-order valence-electron chi connectivity index (χ3n) is 4.05. The summed E-state index contributed by atoms with van der Waals surface area (Å²) in [6.45, 7) is 6.28. The van der Waals surface area contributed by atoms with Gasteiger partial charge in [0, 0.05) is 12.2 Å². The zero-order valence-corrected chi connectivity index (χ0v) is 17.1. The van der Waals surface area contributed by atoms with Crippen LogP contribution in [0, 0.1) is 11.7 Å². The molecule has 6 nitrogen and oxygen atoms in total. The Morgan fingerprint density at radius 1 is 1.07 bits per heavy atom. The van der Waals surface area contributed by atoms with Gasteiger partial charge in [0.05, 0.1) is 19.3 Å². The summed E-state index contributed by atoms with van der Waals surface area (Å²) < 4.78 is 29.2. The number of esters is 1. The molecule has 1 amide bonds. The number of nitrogens with zero attached hydrogens (tertiary/aromatic N) is 1. The second-order valence-corrected chi connectivity index (χ2v) is 6.76. The van der Waals surface area contributed by atoms with Crippen molar-refractivity contribution in [3.63, 3.8) is 0 Å². The number of halogens is 1. The van der Waals surface area contributed by atoms with E-state index in [1.165, 1.54) is 42.3 Å². The summed E-state index contributed by atoms with van der Waals surface area (Å²) in [6, 6.07) is 10.2. The molecule has 0 saturated heterocycles. The molecular formula is C22H26FNO5. The van der Waals surface area contributed by atoms with Gasteiger partial charge in [-0.1, -0.05) is 13.8 Å². The monoisotopic (exact) mass is 403 g/mol. The standard InChI is InChI=1S/C22H26FNO5/c1-5-24(18-9-7-17(23)8-10-18)21(25)14-29-22(26)16-6-11-19(20(12-16)27-4)28-13-15(2)3/h6-12,15H,5,13-14H2,1-4H3. The zero-order valence-electron chi connectivity index (χ0n) is 17.1. The number of amides is 1. The van der Waals surface area contributed by atoms with Gasteiger partial charge in [-0.05, 0) is 55.3 Å². The summed E-state index contributed by atoms with van der Waals surface area (Å²) in [4.78, 5) is 26.2. The van der Waals surface area contributed by atoms with Crippen LogP contribution in [0.25, 0.3) is 0 Å². The van der Waals surface area contributed by atoms with Crippen LogP contribution < -0.4 is 14.4 Å². The average Bonchev–Trinajstić information content (AvgIpc) is 2.72. The van der Waals surface area contributed by atoms with Crippen LogP contribution in [0.1, 0.15) is 31.1 Å². The molecule has 2 rings (SSSR count). The average molecular weight is 403 g/mol. The van der Waals surface area contributed by atoms with E-state index in [1.54, 1.807) is 19.1 Å². The van der Waals surface area contributed by atoms with Crippen molar-refractivity contribution in [1.29, 1.82) is 0 Å². The molecule has 29 heavy (non-hydrogen) atoms. The highest BCUT2D eigenvalue weighted by molar-refractivity contribution is 5.97. The van der Waals surface area contributed by atoms with Crippen molar-refractivity contribution >= 4 is 17.6 Å². The number of carbonyl (C=O) groups excluding carboxylic acids is 2. The Bertz CT molecular complexity index is 836. The molecule has 0 spiro atoms. The third kappa shape index (κ3) is 6.20. The molecule has 0 atom stereocenters. The lowest BCUT2D eigenvalue weighted by molar-refractivity contribution is -0.121. The van der Waals surface area contributed by atoms with Crippen LogP contribution in [0.15, 0.2) is 42.5 Å². The van der Waals surface area contributed by atoms with Crippen molar-refractivity contribution in [3.8, 4) is 11.5 Å². The van der Waals surface area contributed by atoms with Crippen LogP contribution >= 0.6 is 0 Å². The molecule has 0 unspecified atom stereocenters. The van der Waals surface area contributed by atoms with E-state index in [0.29, 0.717) is 36.3 Å². The Balaban J connectivity index is 2.02. The third-order valence-corrected chi connectivity index (χ3v) is 4.05. The Hall–Kier alpha value is -3.09. The van der Waals surface area contributed by atoms with Crippen LogP contribution in [-0.2, 0) is 9.53 Å². The molecule has 0 radical (unpaired) electrons. The number of ether oxygens (including phenoxy) is 3. The number of rotatable bonds is 9. The summed E-state index contributed by atoms with van der Waals surface area (Å²) in [6.07, 6.45) is 0. The summed E-state index contributed by atoms with van der Waals surface area (Å²) in [5.74, 6) is -0.162. The van der Waals surface area contributed by atoms with E-state index in [4.69, 9.17) is 14.2 Å². The van der Waals surface area contributed by atoms with Gasteiger partial charge in [-0.15, -0.1) is 0 Å². The van der Waals surface area contributed by atoms with Crippen LogP contribution in [-0.4, -0.2) is 38.7 Å².